The molecule has 0 bridgehead atoms. The number of nitriles is 1. The Bertz CT molecular complexity index is 1150. The molecule has 0 N–H and O–H groups in total. The fraction of sp³-hybridized carbons (Fsp3) is 0.318. The topological polar surface area (TPSA) is 95.9 Å². The van der Waals surface area contributed by atoms with Crippen LogP contribution in [0.25, 0.3) is 22.6 Å². The van der Waals surface area contributed by atoms with Crippen LogP contribution in [0.15, 0.2) is 35.0 Å². The number of rotatable bonds is 3. The minimum Gasteiger partial charge on any atom is -0.441 e. The van der Waals surface area contributed by atoms with Gasteiger partial charge < -0.3 is 9.32 Å². The number of hydrogen-bond acceptors (Lipinski definition) is 6. The van der Waals surface area contributed by atoms with Crippen LogP contribution in [0.2, 0.25) is 0 Å². The predicted octanol–water partition coefficient (Wildman–Crippen LogP) is 3.84. The maximum absolute atomic E-state index is 12.4. The molecule has 146 valence electrons. The van der Waals surface area contributed by atoms with Gasteiger partial charge in [0.2, 0.25) is 0 Å². The first-order valence-corrected chi connectivity index (χ1v) is 9.36. The van der Waals surface area contributed by atoms with E-state index in [2.05, 4.69) is 41.8 Å². The molecule has 0 atom stereocenters. The lowest BCUT2D eigenvalue weighted by Crippen LogP contribution is -2.17. The molecule has 0 saturated heterocycles. The predicted molar refractivity (Wildman–Crippen MR) is 107 cm³/mol. The number of pyridine rings is 2. The molecule has 1 aliphatic heterocycles. The maximum atomic E-state index is 12.4. The van der Waals surface area contributed by atoms with Gasteiger partial charge in [0, 0.05) is 30.8 Å². The fourth-order valence-corrected chi connectivity index (χ4v) is 3.35. The van der Waals surface area contributed by atoms with Crippen molar-refractivity contribution < 1.29 is 9.21 Å². The molecular weight excluding hydrogens is 366 g/mol. The summed E-state index contributed by atoms with van der Waals surface area (Å²) in [4.78, 5) is 27.3. The Balaban J connectivity index is 1.81. The van der Waals surface area contributed by atoms with Crippen molar-refractivity contribution in [2.24, 2.45) is 5.41 Å². The molecule has 0 aliphatic carbocycles. The first-order chi connectivity index (χ1) is 13.7. The van der Waals surface area contributed by atoms with E-state index in [1.165, 1.54) is 0 Å². The van der Waals surface area contributed by atoms with E-state index in [-0.39, 0.29) is 17.0 Å². The molecule has 0 saturated carbocycles. The van der Waals surface area contributed by atoms with Gasteiger partial charge >= 0.3 is 0 Å². The van der Waals surface area contributed by atoms with Gasteiger partial charge in [-0.1, -0.05) is 20.8 Å². The molecule has 4 rings (SSSR count). The number of amides is 1. The molecular formula is C22H21N5O2. The zero-order valence-electron chi connectivity index (χ0n) is 16.9. The lowest BCUT2D eigenvalue weighted by atomic mass is 9.92. The standard InChI is InChI=1S/C22H21N5O2/c1-22(2,3)8-19-25-11-18(29-19)15-6-5-14(9-23)26-20(15)13-7-16-17(24-10-13)12-27(4)21(16)28/h5-7,10-11H,8,12H2,1-4H3. The van der Waals surface area contributed by atoms with Crippen molar-refractivity contribution in [3.63, 3.8) is 0 Å². The highest BCUT2D eigenvalue weighted by Crippen LogP contribution is 2.34. The Morgan fingerprint density at radius 2 is 2.00 bits per heavy atom. The van der Waals surface area contributed by atoms with Gasteiger partial charge in [0.1, 0.15) is 11.8 Å². The highest BCUT2D eigenvalue weighted by molar-refractivity contribution is 5.99. The molecule has 0 spiro atoms. The number of fused-ring (bicyclic) bond motifs is 1. The Morgan fingerprint density at radius 3 is 2.72 bits per heavy atom. The molecule has 3 aromatic heterocycles. The zero-order chi connectivity index (χ0) is 20.8. The second kappa shape index (κ2) is 6.82. The molecule has 3 aromatic rings. The number of carbonyl (C=O) groups is 1. The maximum Gasteiger partial charge on any atom is 0.255 e. The van der Waals surface area contributed by atoms with E-state index in [0.29, 0.717) is 47.0 Å². The van der Waals surface area contributed by atoms with E-state index in [1.54, 1.807) is 42.5 Å². The van der Waals surface area contributed by atoms with Gasteiger partial charge in [0.15, 0.2) is 11.7 Å². The molecule has 0 fully saturated rings. The normalized spacial score (nSPS) is 13.5. The van der Waals surface area contributed by atoms with Crippen LogP contribution >= 0.6 is 0 Å². The molecule has 4 heterocycles. The van der Waals surface area contributed by atoms with Crippen LogP contribution in [0.5, 0.6) is 0 Å². The van der Waals surface area contributed by atoms with E-state index < -0.39 is 0 Å². The van der Waals surface area contributed by atoms with Crippen LogP contribution in [-0.4, -0.2) is 32.8 Å². The van der Waals surface area contributed by atoms with Gasteiger partial charge in [-0.2, -0.15) is 5.26 Å². The molecule has 0 radical (unpaired) electrons. The zero-order valence-corrected chi connectivity index (χ0v) is 16.9. The lowest BCUT2D eigenvalue weighted by molar-refractivity contribution is 0.0816. The van der Waals surface area contributed by atoms with Crippen LogP contribution in [0.3, 0.4) is 0 Å². The Kier molecular flexibility index (Phi) is 4.42. The summed E-state index contributed by atoms with van der Waals surface area (Å²) in [6.07, 6.45) is 4.06. The van der Waals surface area contributed by atoms with Crippen LogP contribution < -0.4 is 0 Å². The third kappa shape index (κ3) is 3.61. The van der Waals surface area contributed by atoms with Gasteiger partial charge in [-0.3, -0.25) is 9.78 Å². The summed E-state index contributed by atoms with van der Waals surface area (Å²) in [6.45, 7) is 6.85. The van der Waals surface area contributed by atoms with Gasteiger partial charge in [-0.05, 0) is 23.6 Å². The average molecular weight is 387 g/mol. The number of oxazole rings is 1. The Morgan fingerprint density at radius 1 is 1.21 bits per heavy atom. The lowest BCUT2D eigenvalue weighted by Gasteiger charge is -2.14. The number of hydrogen-bond donors (Lipinski definition) is 0. The monoisotopic (exact) mass is 387 g/mol. The highest BCUT2D eigenvalue weighted by atomic mass is 16.4. The van der Waals surface area contributed by atoms with Crippen molar-refractivity contribution in [2.45, 2.75) is 33.7 Å². The van der Waals surface area contributed by atoms with Crippen molar-refractivity contribution in [1.82, 2.24) is 19.9 Å². The summed E-state index contributed by atoms with van der Waals surface area (Å²) in [5.41, 5.74) is 3.54. The Labute approximate surface area is 169 Å². The van der Waals surface area contributed by atoms with Crippen LogP contribution in [-0.2, 0) is 13.0 Å². The van der Waals surface area contributed by atoms with Crippen LogP contribution in [0.4, 0.5) is 0 Å². The van der Waals surface area contributed by atoms with Crippen molar-refractivity contribution in [1.29, 1.82) is 5.26 Å². The summed E-state index contributed by atoms with van der Waals surface area (Å²) in [7, 11) is 1.74. The van der Waals surface area contributed by atoms with Crippen molar-refractivity contribution in [3.8, 4) is 28.7 Å². The molecule has 29 heavy (non-hydrogen) atoms. The largest absolute Gasteiger partial charge is 0.441 e. The van der Waals surface area contributed by atoms with E-state index >= 15 is 0 Å². The van der Waals surface area contributed by atoms with Gasteiger partial charge in [-0.25, -0.2) is 9.97 Å². The Hall–Kier alpha value is -3.53. The minimum atomic E-state index is -0.0699. The first-order valence-electron chi connectivity index (χ1n) is 9.36. The molecule has 7 heteroatoms. The minimum absolute atomic E-state index is 0.0458. The van der Waals surface area contributed by atoms with Crippen molar-refractivity contribution >= 4 is 5.91 Å². The smallest absolute Gasteiger partial charge is 0.255 e. The number of carbonyl (C=O) groups excluding carboxylic acids is 1. The van der Waals surface area contributed by atoms with Gasteiger partial charge in [0.05, 0.1) is 29.7 Å². The van der Waals surface area contributed by atoms with Crippen molar-refractivity contribution in [3.05, 3.63) is 53.4 Å². The average Bonchev–Trinajstić information content (AvgIpc) is 3.24. The van der Waals surface area contributed by atoms with E-state index in [4.69, 9.17) is 4.42 Å². The first kappa shape index (κ1) is 18.8. The van der Waals surface area contributed by atoms with E-state index in [9.17, 15) is 10.1 Å². The highest BCUT2D eigenvalue weighted by Gasteiger charge is 2.27. The van der Waals surface area contributed by atoms with Crippen LogP contribution in [0.1, 0.15) is 48.4 Å². The van der Waals surface area contributed by atoms with Gasteiger partial charge in [0.25, 0.3) is 5.91 Å². The molecule has 7 nitrogen and oxygen atoms in total. The molecule has 0 unspecified atom stereocenters. The number of aromatic nitrogens is 3. The SMILES string of the molecule is CN1Cc2ncc(-c3nc(C#N)ccc3-c3cnc(CC(C)(C)C)o3)cc2C1=O. The fourth-order valence-electron chi connectivity index (χ4n) is 3.35. The van der Waals surface area contributed by atoms with Crippen LogP contribution in [0, 0.1) is 16.7 Å². The summed E-state index contributed by atoms with van der Waals surface area (Å²) >= 11 is 0. The molecule has 1 aliphatic rings. The summed E-state index contributed by atoms with van der Waals surface area (Å²) in [6, 6.07) is 7.29. The van der Waals surface area contributed by atoms with E-state index in [0.717, 1.165) is 5.69 Å². The second-order valence-electron chi connectivity index (χ2n) is 8.44. The summed E-state index contributed by atoms with van der Waals surface area (Å²) in [5, 5.41) is 9.31. The quantitative estimate of drug-likeness (QED) is 0.677. The molecule has 0 aromatic carbocycles. The summed E-state index contributed by atoms with van der Waals surface area (Å²) < 4.78 is 5.98. The van der Waals surface area contributed by atoms with Gasteiger partial charge in [-0.15, -0.1) is 0 Å². The third-order valence-electron chi connectivity index (χ3n) is 4.72. The molecule has 1 amide bonds. The number of nitrogens with zero attached hydrogens (tertiary/aromatic N) is 5. The second-order valence-corrected chi connectivity index (χ2v) is 8.44. The third-order valence-corrected chi connectivity index (χ3v) is 4.72. The van der Waals surface area contributed by atoms with Crippen molar-refractivity contribution in [2.75, 3.05) is 7.05 Å². The summed E-state index contributed by atoms with van der Waals surface area (Å²) in [5.74, 6) is 1.14. The van der Waals surface area contributed by atoms with E-state index in [1.807, 2.05) is 0 Å².